The number of benzene rings is 2. The van der Waals surface area contributed by atoms with E-state index in [9.17, 15) is 19.5 Å². The summed E-state index contributed by atoms with van der Waals surface area (Å²) in [5, 5.41) is 9.46. The third-order valence-corrected chi connectivity index (χ3v) is 6.07. The Kier molecular flexibility index (Phi) is 6.28. The first-order valence-electron chi connectivity index (χ1n) is 10.8. The highest BCUT2D eigenvalue weighted by Crippen LogP contribution is 2.46. The average molecular weight is 485 g/mol. The molecule has 2 aliphatic heterocycles. The fourth-order valence-corrected chi connectivity index (χ4v) is 4.76. The van der Waals surface area contributed by atoms with Gasteiger partial charge in [0.1, 0.15) is 12.6 Å². The van der Waals surface area contributed by atoms with E-state index in [2.05, 4.69) is 0 Å². The van der Waals surface area contributed by atoms with Crippen molar-refractivity contribution >= 4 is 23.5 Å². The first-order valence-corrected chi connectivity index (χ1v) is 10.8. The third kappa shape index (κ3) is 4.46. The molecule has 0 bridgehead atoms. The molecule has 2 aromatic rings. The number of aliphatic carboxylic acids is 1. The van der Waals surface area contributed by atoms with Crippen molar-refractivity contribution in [2.24, 2.45) is 17.2 Å². The molecule has 1 fully saturated rings. The van der Waals surface area contributed by atoms with Crippen molar-refractivity contribution in [3.63, 3.8) is 0 Å². The predicted molar refractivity (Wildman–Crippen MR) is 124 cm³/mol. The van der Waals surface area contributed by atoms with Crippen LogP contribution in [0.25, 0.3) is 0 Å². The minimum atomic E-state index is -2.07. The molecule has 2 unspecified atom stereocenters. The van der Waals surface area contributed by atoms with E-state index in [1.165, 1.54) is 26.4 Å². The highest BCUT2D eigenvalue weighted by Gasteiger charge is 2.49. The van der Waals surface area contributed by atoms with E-state index in [1.807, 2.05) is 12.1 Å². The quantitative estimate of drug-likeness (QED) is 0.306. The Bertz CT molecular complexity index is 1180. The number of rotatable bonds is 7. The summed E-state index contributed by atoms with van der Waals surface area (Å²) >= 11 is 0. The summed E-state index contributed by atoms with van der Waals surface area (Å²) in [4.78, 5) is 41.3. The second-order valence-electron chi connectivity index (χ2n) is 8.38. The van der Waals surface area contributed by atoms with Gasteiger partial charge in [0.25, 0.3) is 17.8 Å². The van der Waals surface area contributed by atoms with Crippen LogP contribution in [0.15, 0.2) is 36.4 Å². The molecule has 35 heavy (non-hydrogen) atoms. The van der Waals surface area contributed by atoms with Crippen molar-refractivity contribution in [1.82, 2.24) is 4.90 Å². The summed E-state index contributed by atoms with van der Waals surface area (Å²) in [5.74, 6) is -4.29. The van der Waals surface area contributed by atoms with Crippen LogP contribution in [-0.4, -0.2) is 67.1 Å². The van der Waals surface area contributed by atoms with Gasteiger partial charge < -0.3 is 24.2 Å². The Labute approximate surface area is 201 Å². The molecule has 2 amide bonds. The van der Waals surface area contributed by atoms with E-state index >= 15 is 0 Å². The molecule has 0 aromatic heterocycles. The number of methoxy groups -OCH3 is 2. The van der Waals surface area contributed by atoms with Crippen molar-refractivity contribution in [3.05, 3.63) is 47.5 Å². The van der Waals surface area contributed by atoms with Crippen LogP contribution in [0, 0.1) is 0 Å². The standard InChI is InChI=1S/C23H27N5O7/c1-33-16-9-12(10-17(20(16)34-2)35-23(24,25)26)21(31)27-8-7-14-13-5-3-4-6-15(13)28(11-18(29)30)19(14)22(27)32/h3-6,9-10,14,19H,7-8,11,24-26H2,1-2H3,(H,29,30). The van der Waals surface area contributed by atoms with Gasteiger partial charge in [-0.2, -0.15) is 0 Å². The number of nitrogens with two attached hydrogens (primary N) is 3. The zero-order valence-corrected chi connectivity index (χ0v) is 19.3. The normalized spacial score (nSPS) is 19.2. The number of ether oxygens (including phenoxy) is 3. The maximum absolute atomic E-state index is 13.6. The van der Waals surface area contributed by atoms with Crippen molar-refractivity contribution in [1.29, 1.82) is 0 Å². The van der Waals surface area contributed by atoms with Crippen LogP contribution >= 0.6 is 0 Å². The van der Waals surface area contributed by atoms with E-state index in [0.29, 0.717) is 12.1 Å². The molecule has 12 nitrogen and oxygen atoms in total. The first kappa shape index (κ1) is 24.3. The maximum Gasteiger partial charge on any atom is 0.323 e. The van der Waals surface area contributed by atoms with E-state index in [0.717, 1.165) is 10.5 Å². The molecule has 0 saturated carbocycles. The third-order valence-electron chi connectivity index (χ3n) is 6.07. The molecule has 12 heteroatoms. The molecule has 2 aromatic carbocycles. The number of anilines is 1. The Balaban J connectivity index is 1.69. The zero-order chi connectivity index (χ0) is 25.5. The van der Waals surface area contributed by atoms with Crippen molar-refractivity contribution in [2.45, 2.75) is 24.4 Å². The fraction of sp³-hybridized carbons (Fsp3) is 0.348. The van der Waals surface area contributed by atoms with E-state index < -0.39 is 29.8 Å². The molecular weight excluding hydrogens is 458 g/mol. The van der Waals surface area contributed by atoms with E-state index in [4.69, 9.17) is 31.4 Å². The molecule has 4 rings (SSSR count). The number of likely N-dealkylation sites (tertiary alicyclic amines) is 1. The number of hydrogen-bond donors (Lipinski definition) is 4. The number of amides is 2. The Morgan fingerprint density at radius 3 is 2.43 bits per heavy atom. The minimum Gasteiger partial charge on any atom is -0.493 e. The SMILES string of the molecule is COc1cc(C(=O)N2CCC3c4ccccc4N(CC(=O)O)C3C2=O)cc(OC(N)(N)N)c1OC. The Morgan fingerprint density at radius 1 is 1.11 bits per heavy atom. The lowest BCUT2D eigenvalue weighted by atomic mass is 9.87. The van der Waals surface area contributed by atoms with Crippen LogP contribution in [0.1, 0.15) is 28.3 Å². The lowest BCUT2D eigenvalue weighted by Gasteiger charge is -2.37. The number of carboxylic acid groups (broad SMARTS) is 1. The van der Waals surface area contributed by atoms with Crippen molar-refractivity contribution in [3.8, 4) is 17.2 Å². The molecule has 2 heterocycles. The number of carboxylic acids is 1. The predicted octanol–water partition coefficient (Wildman–Crippen LogP) is -0.000500. The molecular formula is C23H27N5O7. The van der Waals surface area contributed by atoms with Gasteiger partial charge in [0.15, 0.2) is 11.5 Å². The molecule has 2 atom stereocenters. The van der Waals surface area contributed by atoms with Crippen LogP contribution in [0.5, 0.6) is 17.2 Å². The highest BCUT2D eigenvalue weighted by atomic mass is 16.6. The number of carbonyl (C=O) groups is 3. The molecule has 0 aliphatic carbocycles. The molecule has 1 saturated heterocycles. The van der Waals surface area contributed by atoms with Gasteiger partial charge in [-0.1, -0.05) is 18.2 Å². The van der Waals surface area contributed by atoms with Crippen LogP contribution < -0.4 is 36.3 Å². The molecule has 2 aliphatic rings. The minimum absolute atomic E-state index is 0.0500. The maximum atomic E-state index is 13.6. The molecule has 7 N–H and O–H groups in total. The van der Waals surface area contributed by atoms with Gasteiger partial charge in [0, 0.05) is 23.7 Å². The zero-order valence-electron chi connectivity index (χ0n) is 19.3. The van der Waals surface area contributed by atoms with Gasteiger partial charge in [0.2, 0.25) is 5.75 Å². The molecule has 0 radical (unpaired) electrons. The van der Waals surface area contributed by atoms with Crippen LogP contribution in [0.2, 0.25) is 0 Å². The monoisotopic (exact) mass is 485 g/mol. The van der Waals surface area contributed by atoms with Gasteiger partial charge >= 0.3 is 5.97 Å². The van der Waals surface area contributed by atoms with Gasteiger partial charge in [-0.05, 0) is 30.2 Å². The Morgan fingerprint density at radius 2 is 1.80 bits per heavy atom. The van der Waals surface area contributed by atoms with Crippen LogP contribution in [-0.2, 0) is 9.59 Å². The number of carbonyl (C=O) groups excluding carboxylic acids is 2. The summed E-state index contributed by atoms with van der Waals surface area (Å²) in [6, 6.07) is 9.19. The van der Waals surface area contributed by atoms with Crippen LogP contribution in [0.4, 0.5) is 5.69 Å². The highest BCUT2D eigenvalue weighted by molar-refractivity contribution is 6.09. The van der Waals surface area contributed by atoms with Crippen molar-refractivity contribution < 1.29 is 33.7 Å². The number of piperidine rings is 1. The van der Waals surface area contributed by atoms with E-state index in [-0.39, 0.29) is 41.8 Å². The first-order chi connectivity index (χ1) is 16.6. The topological polar surface area (TPSA) is 184 Å². The average Bonchev–Trinajstić information content (AvgIpc) is 3.11. The number of hydrogen-bond acceptors (Lipinski definition) is 10. The lowest BCUT2D eigenvalue weighted by molar-refractivity contribution is -0.136. The number of fused-ring (bicyclic) bond motifs is 3. The van der Waals surface area contributed by atoms with Crippen LogP contribution in [0.3, 0.4) is 0 Å². The number of para-hydroxylation sites is 1. The lowest BCUT2D eigenvalue weighted by Crippen LogP contribution is -2.62. The Hall–Kier alpha value is -3.87. The largest absolute Gasteiger partial charge is 0.493 e. The summed E-state index contributed by atoms with van der Waals surface area (Å²) in [6.45, 7) is -0.223. The smallest absolute Gasteiger partial charge is 0.323 e. The summed E-state index contributed by atoms with van der Waals surface area (Å²) in [5.41, 5.74) is 18.3. The molecule has 186 valence electrons. The van der Waals surface area contributed by atoms with Gasteiger partial charge in [-0.15, -0.1) is 0 Å². The fourth-order valence-electron chi connectivity index (χ4n) is 4.76. The summed E-state index contributed by atoms with van der Waals surface area (Å²) in [7, 11) is 2.73. The van der Waals surface area contributed by atoms with Gasteiger partial charge in [0.05, 0.1) is 14.2 Å². The van der Waals surface area contributed by atoms with Crippen molar-refractivity contribution in [2.75, 3.05) is 32.2 Å². The second kappa shape index (κ2) is 9.06. The molecule has 0 spiro atoms. The summed E-state index contributed by atoms with van der Waals surface area (Å²) in [6.07, 6.45) is 0.476. The van der Waals surface area contributed by atoms with Gasteiger partial charge in [-0.3, -0.25) is 36.5 Å². The second-order valence-corrected chi connectivity index (χ2v) is 8.38. The van der Waals surface area contributed by atoms with E-state index in [1.54, 1.807) is 17.0 Å². The summed E-state index contributed by atoms with van der Waals surface area (Å²) < 4.78 is 15.9. The number of imide groups is 1. The van der Waals surface area contributed by atoms with Gasteiger partial charge in [-0.25, -0.2) is 0 Å². The number of nitrogens with zero attached hydrogens (tertiary/aromatic N) is 2.